The number of ether oxygens (including phenoxy) is 1. The van der Waals surface area contributed by atoms with Crippen molar-refractivity contribution in [1.29, 1.82) is 0 Å². The first-order valence-corrected chi connectivity index (χ1v) is 8.64. The molecule has 0 bridgehead atoms. The molecule has 20 heavy (non-hydrogen) atoms. The van der Waals surface area contributed by atoms with E-state index in [0.29, 0.717) is 0 Å². The summed E-state index contributed by atoms with van der Waals surface area (Å²) in [7, 11) is 0. The third-order valence-corrected chi connectivity index (χ3v) is 4.77. The monoisotopic (exact) mass is 339 g/mol. The molecular weight excluding hydrogens is 314 g/mol. The third-order valence-electron chi connectivity index (χ3n) is 4.03. The van der Waals surface area contributed by atoms with E-state index in [0.717, 1.165) is 36.7 Å². The molecule has 1 N–H and O–H groups in total. The van der Waals surface area contributed by atoms with Crippen LogP contribution in [0, 0.1) is 5.92 Å². The van der Waals surface area contributed by atoms with Crippen LogP contribution in [0.4, 0.5) is 0 Å². The molecule has 2 rings (SSSR count). The summed E-state index contributed by atoms with van der Waals surface area (Å²) in [6.45, 7) is 5.70. The van der Waals surface area contributed by atoms with E-state index >= 15 is 0 Å². The zero-order valence-corrected chi connectivity index (χ0v) is 14.0. The predicted octanol–water partition coefficient (Wildman–Crippen LogP) is 4.66. The number of hydrogen-bond acceptors (Lipinski definition) is 2. The van der Waals surface area contributed by atoms with Crippen molar-refractivity contribution in [2.45, 2.75) is 52.2 Å². The molecule has 2 nitrogen and oxygen atoms in total. The Morgan fingerprint density at radius 2 is 2.05 bits per heavy atom. The molecule has 112 valence electrons. The number of hydrogen-bond donors (Lipinski definition) is 1. The van der Waals surface area contributed by atoms with Crippen LogP contribution >= 0.6 is 15.9 Å². The molecule has 3 heteroatoms. The van der Waals surface area contributed by atoms with Crippen molar-refractivity contribution in [3.63, 3.8) is 0 Å². The molecule has 1 saturated carbocycles. The molecule has 1 aliphatic carbocycles. The fourth-order valence-corrected chi connectivity index (χ4v) is 3.32. The van der Waals surface area contributed by atoms with Crippen molar-refractivity contribution < 1.29 is 4.74 Å². The maximum Gasteiger partial charge on any atom is 0.0727 e. The Hall–Kier alpha value is -0.380. The molecule has 1 aromatic rings. The SMILES string of the molecule is CCNCc1ccc(COCC2CCCCC2)c(Br)c1. The van der Waals surface area contributed by atoms with Gasteiger partial charge in [0.15, 0.2) is 0 Å². The van der Waals surface area contributed by atoms with Gasteiger partial charge >= 0.3 is 0 Å². The topological polar surface area (TPSA) is 21.3 Å². The molecule has 1 aromatic carbocycles. The van der Waals surface area contributed by atoms with Gasteiger partial charge in [-0.05, 0) is 42.5 Å². The van der Waals surface area contributed by atoms with Crippen LogP contribution in [0.25, 0.3) is 0 Å². The average molecular weight is 340 g/mol. The standard InChI is InChI=1S/C17H26BrNO/c1-2-19-11-15-8-9-16(17(18)10-15)13-20-12-14-6-4-3-5-7-14/h8-10,14,19H,2-7,11-13H2,1H3. The molecule has 0 aliphatic heterocycles. The molecule has 0 radical (unpaired) electrons. The van der Waals surface area contributed by atoms with E-state index in [9.17, 15) is 0 Å². The highest BCUT2D eigenvalue weighted by Gasteiger charge is 2.13. The van der Waals surface area contributed by atoms with Crippen LogP contribution in [0.2, 0.25) is 0 Å². The van der Waals surface area contributed by atoms with E-state index < -0.39 is 0 Å². The van der Waals surface area contributed by atoms with Crippen LogP contribution in [0.5, 0.6) is 0 Å². The average Bonchev–Trinajstić information content (AvgIpc) is 2.48. The first-order valence-electron chi connectivity index (χ1n) is 7.85. The first kappa shape index (κ1) is 16.0. The molecule has 0 heterocycles. The smallest absolute Gasteiger partial charge is 0.0727 e. The quantitative estimate of drug-likeness (QED) is 0.780. The summed E-state index contributed by atoms with van der Waals surface area (Å²) >= 11 is 3.66. The van der Waals surface area contributed by atoms with Crippen LogP contribution in [-0.2, 0) is 17.9 Å². The van der Waals surface area contributed by atoms with Crippen LogP contribution in [-0.4, -0.2) is 13.2 Å². The zero-order valence-electron chi connectivity index (χ0n) is 12.5. The van der Waals surface area contributed by atoms with E-state index in [1.54, 1.807) is 0 Å². The summed E-state index contributed by atoms with van der Waals surface area (Å²) in [4.78, 5) is 0. The van der Waals surface area contributed by atoms with Gasteiger partial charge in [-0.25, -0.2) is 0 Å². The number of nitrogens with one attached hydrogen (secondary N) is 1. The highest BCUT2D eigenvalue weighted by Crippen LogP contribution is 2.25. The molecular formula is C17H26BrNO. The van der Waals surface area contributed by atoms with Crippen molar-refractivity contribution in [2.75, 3.05) is 13.2 Å². The summed E-state index contributed by atoms with van der Waals surface area (Å²) < 4.78 is 7.08. The van der Waals surface area contributed by atoms with Gasteiger partial charge in [0.1, 0.15) is 0 Å². The Labute approximate surface area is 131 Å². The number of halogens is 1. The van der Waals surface area contributed by atoms with Gasteiger partial charge < -0.3 is 10.1 Å². The normalized spacial score (nSPS) is 16.5. The lowest BCUT2D eigenvalue weighted by Crippen LogP contribution is -2.13. The van der Waals surface area contributed by atoms with Crippen LogP contribution in [0.3, 0.4) is 0 Å². The van der Waals surface area contributed by atoms with Crippen LogP contribution in [0.15, 0.2) is 22.7 Å². The van der Waals surface area contributed by atoms with Gasteiger partial charge in [-0.3, -0.25) is 0 Å². The number of rotatable bonds is 7. The Morgan fingerprint density at radius 1 is 1.25 bits per heavy atom. The second kappa shape index (κ2) is 8.81. The van der Waals surface area contributed by atoms with Crippen molar-refractivity contribution in [3.8, 4) is 0 Å². The summed E-state index contributed by atoms with van der Waals surface area (Å²) in [5.74, 6) is 0.788. The molecule has 1 aliphatic rings. The highest BCUT2D eigenvalue weighted by atomic mass is 79.9. The zero-order chi connectivity index (χ0) is 14.2. The Balaban J connectivity index is 1.77. The van der Waals surface area contributed by atoms with Gasteiger partial charge in [0.25, 0.3) is 0 Å². The van der Waals surface area contributed by atoms with Gasteiger partial charge in [-0.2, -0.15) is 0 Å². The van der Waals surface area contributed by atoms with Gasteiger partial charge in [0, 0.05) is 17.6 Å². The summed E-state index contributed by atoms with van der Waals surface area (Å²) in [6, 6.07) is 6.56. The minimum absolute atomic E-state index is 0.721. The van der Waals surface area contributed by atoms with E-state index in [-0.39, 0.29) is 0 Å². The Morgan fingerprint density at radius 3 is 2.75 bits per heavy atom. The molecule has 0 amide bonds. The highest BCUT2D eigenvalue weighted by molar-refractivity contribution is 9.10. The number of benzene rings is 1. The molecule has 0 atom stereocenters. The largest absolute Gasteiger partial charge is 0.376 e. The van der Waals surface area contributed by atoms with E-state index in [2.05, 4.69) is 46.4 Å². The Kier molecular flexibility index (Phi) is 7.05. The fraction of sp³-hybridized carbons (Fsp3) is 0.647. The van der Waals surface area contributed by atoms with Crippen molar-refractivity contribution in [1.82, 2.24) is 5.32 Å². The maximum absolute atomic E-state index is 5.92. The summed E-state index contributed by atoms with van der Waals surface area (Å²) in [5, 5.41) is 3.35. The van der Waals surface area contributed by atoms with Crippen LogP contribution < -0.4 is 5.32 Å². The van der Waals surface area contributed by atoms with E-state index in [1.165, 1.54) is 43.2 Å². The van der Waals surface area contributed by atoms with Crippen molar-refractivity contribution >= 4 is 15.9 Å². The van der Waals surface area contributed by atoms with Gasteiger partial charge in [0.05, 0.1) is 6.61 Å². The van der Waals surface area contributed by atoms with Crippen molar-refractivity contribution in [2.24, 2.45) is 5.92 Å². The van der Waals surface area contributed by atoms with Gasteiger partial charge in [-0.1, -0.05) is 54.2 Å². The van der Waals surface area contributed by atoms with Gasteiger partial charge in [0.2, 0.25) is 0 Å². The van der Waals surface area contributed by atoms with E-state index in [4.69, 9.17) is 4.74 Å². The lowest BCUT2D eigenvalue weighted by atomic mass is 9.90. The predicted molar refractivity (Wildman–Crippen MR) is 87.8 cm³/mol. The molecule has 0 unspecified atom stereocenters. The van der Waals surface area contributed by atoms with E-state index in [1.807, 2.05) is 0 Å². The molecule has 0 saturated heterocycles. The second-order valence-corrected chi connectivity index (χ2v) is 6.58. The minimum atomic E-state index is 0.721. The molecule has 0 aromatic heterocycles. The second-order valence-electron chi connectivity index (χ2n) is 5.73. The third kappa shape index (κ3) is 5.19. The van der Waals surface area contributed by atoms with Crippen molar-refractivity contribution in [3.05, 3.63) is 33.8 Å². The fourth-order valence-electron chi connectivity index (χ4n) is 2.78. The lowest BCUT2D eigenvalue weighted by molar-refractivity contribution is 0.0736. The Bertz CT molecular complexity index is 402. The molecule has 1 fully saturated rings. The van der Waals surface area contributed by atoms with Crippen LogP contribution in [0.1, 0.15) is 50.2 Å². The minimum Gasteiger partial charge on any atom is -0.376 e. The lowest BCUT2D eigenvalue weighted by Gasteiger charge is -2.21. The maximum atomic E-state index is 5.92. The molecule has 0 spiro atoms. The summed E-state index contributed by atoms with van der Waals surface area (Å²) in [6.07, 6.45) is 6.88. The van der Waals surface area contributed by atoms with Gasteiger partial charge in [-0.15, -0.1) is 0 Å². The first-order chi connectivity index (χ1) is 9.79. The summed E-state index contributed by atoms with van der Waals surface area (Å²) in [5.41, 5.74) is 2.57.